The van der Waals surface area contributed by atoms with Gasteiger partial charge >= 0.3 is 0 Å². The van der Waals surface area contributed by atoms with Crippen LogP contribution in [-0.4, -0.2) is 7.85 Å². The number of benzene rings is 4. The van der Waals surface area contributed by atoms with Crippen molar-refractivity contribution in [3.8, 4) is 33.4 Å². The molecule has 34 heavy (non-hydrogen) atoms. The molecule has 4 aromatic rings. The van der Waals surface area contributed by atoms with E-state index >= 15 is 0 Å². The molecular weight excluding hydrogens is 499 g/mol. The van der Waals surface area contributed by atoms with Gasteiger partial charge in [0.25, 0.3) is 0 Å². The summed E-state index contributed by atoms with van der Waals surface area (Å²) in [5.74, 6) is 0. The monoisotopic (exact) mass is 526 g/mol. The van der Waals surface area contributed by atoms with E-state index in [1.165, 1.54) is 11.1 Å². The van der Waals surface area contributed by atoms with Crippen LogP contribution in [0.2, 0.25) is 5.02 Å². The Hall–Kier alpha value is -2.29. The lowest BCUT2D eigenvalue weighted by Crippen LogP contribution is -2.10. The van der Waals surface area contributed by atoms with Gasteiger partial charge in [0.05, 0.1) is 0 Å². The van der Waals surface area contributed by atoms with Crippen LogP contribution in [0.4, 0.5) is 0 Å². The number of hydrogen-bond donors (Lipinski definition) is 0. The van der Waals surface area contributed by atoms with Crippen molar-refractivity contribution in [2.75, 3.05) is 0 Å². The van der Waals surface area contributed by atoms with E-state index in [1.807, 2.05) is 19.1 Å². The van der Waals surface area contributed by atoms with E-state index in [4.69, 9.17) is 19.4 Å². The van der Waals surface area contributed by atoms with Crippen molar-refractivity contribution in [3.63, 3.8) is 0 Å². The Balaban J connectivity index is 1.98. The predicted octanol–water partition coefficient (Wildman–Crippen LogP) is 9.10. The molecule has 0 aliphatic rings. The number of rotatable bonds is 4. The second-order valence-electron chi connectivity index (χ2n) is 10.3. The van der Waals surface area contributed by atoms with Crippen LogP contribution in [0, 0.1) is 19.3 Å². The van der Waals surface area contributed by atoms with E-state index in [-0.39, 0.29) is 5.41 Å². The van der Waals surface area contributed by atoms with E-state index in [2.05, 4.69) is 104 Å². The second-order valence-corrected chi connectivity index (χ2v) is 11.5. The molecule has 0 aliphatic carbocycles. The largest absolute Gasteiger partial charge is 0.115 e. The topological polar surface area (TPSA) is 0 Å². The third-order valence-corrected chi connectivity index (χ3v) is 7.53. The summed E-state index contributed by atoms with van der Waals surface area (Å²) in [4.78, 5) is 0. The van der Waals surface area contributed by atoms with Gasteiger partial charge in [0.15, 0.2) is 0 Å². The van der Waals surface area contributed by atoms with Crippen molar-refractivity contribution in [1.82, 2.24) is 0 Å². The molecular formula is C31H29BBrCl. The highest BCUT2D eigenvalue weighted by atomic mass is 79.9. The van der Waals surface area contributed by atoms with E-state index in [0.29, 0.717) is 0 Å². The minimum Gasteiger partial charge on any atom is -0.0861 e. The lowest BCUT2D eigenvalue weighted by atomic mass is 9.82. The van der Waals surface area contributed by atoms with E-state index in [9.17, 15) is 0 Å². The van der Waals surface area contributed by atoms with Crippen LogP contribution >= 0.6 is 27.5 Å². The zero-order valence-electron chi connectivity index (χ0n) is 20.5. The molecule has 0 unspecified atom stereocenters. The van der Waals surface area contributed by atoms with Crippen LogP contribution in [-0.2, 0) is 6.42 Å². The third-order valence-electron chi connectivity index (χ3n) is 6.15. The van der Waals surface area contributed by atoms with Crippen molar-refractivity contribution >= 4 is 40.8 Å². The Morgan fingerprint density at radius 1 is 0.735 bits per heavy atom. The third kappa shape index (κ3) is 5.34. The molecule has 3 heteroatoms. The Morgan fingerprint density at radius 3 is 1.94 bits per heavy atom. The average Bonchev–Trinajstić information content (AvgIpc) is 2.77. The lowest BCUT2D eigenvalue weighted by Gasteiger charge is -2.20. The smallest absolute Gasteiger partial charge is 0.0861 e. The molecule has 0 amide bonds. The molecule has 4 aromatic carbocycles. The predicted molar refractivity (Wildman–Crippen MR) is 153 cm³/mol. The van der Waals surface area contributed by atoms with Crippen molar-refractivity contribution in [3.05, 3.63) is 99.0 Å². The Labute approximate surface area is 218 Å². The molecule has 0 aromatic heterocycles. The van der Waals surface area contributed by atoms with Gasteiger partial charge in [-0.05, 0) is 111 Å². The molecule has 2 radical (unpaired) electrons. The molecule has 0 saturated carbocycles. The Morgan fingerprint density at radius 2 is 1.29 bits per heavy atom. The van der Waals surface area contributed by atoms with Crippen molar-refractivity contribution in [1.29, 1.82) is 0 Å². The highest BCUT2D eigenvalue weighted by molar-refractivity contribution is 9.10. The molecule has 0 bridgehead atoms. The van der Waals surface area contributed by atoms with E-state index < -0.39 is 0 Å². The lowest BCUT2D eigenvalue weighted by molar-refractivity contribution is 0.411. The standard InChI is InChI=1S/C31H29BBrCl/c1-19-8-6-10-25(29(19)32)22-15-23(26-11-7-9-20(2)30(26)33)17-24(16-22)27-14-21(12-13-28(27)34)18-31(3,4)5/h6-17H,18H2,1-5H3. The van der Waals surface area contributed by atoms with Crippen LogP contribution in [0.25, 0.3) is 33.4 Å². The first-order chi connectivity index (χ1) is 16.0. The maximum atomic E-state index is 6.78. The molecule has 0 nitrogen and oxygen atoms in total. The zero-order valence-corrected chi connectivity index (χ0v) is 22.8. The summed E-state index contributed by atoms with van der Waals surface area (Å²) in [7, 11) is 6.53. The maximum absolute atomic E-state index is 6.78. The van der Waals surface area contributed by atoms with Gasteiger partial charge < -0.3 is 0 Å². The summed E-state index contributed by atoms with van der Waals surface area (Å²) in [5, 5.41) is 0.751. The first kappa shape index (κ1) is 24.8. The molecule has 0 atom stereocenters. The quantitative estimate of drug-likeness (QED) is 0.232. The number of halogens is 2. The van der Waals surface area contributed by atoms with Gasteiger partial charge in [-0.25, -0.2) is 0 Å². The van der Waals surface area contributed by atoms with Gasteiger partial charge in [-0.2, -0.15) is 0 Å². The zero-order chi connectivity index (χ0) is 24.6. The second kappa shape index (κ2) is 9.76. The fourth-order valence-corrected chi connectivity index (χ4v) is 5.13. The molecule has 4 rings (SSSR count). The van der Waals surface area contributed by atoms with Gasteiger partial charge in [0.1, 0.15) is 7.85 Å². The van der Waals surface area contributed by atoms with Crippen molar-refractivity contribution < 1.29 is 0 Å². The fourth-order valence-electron chi connectivity index (χ4n) is 4.41. The molecule has 0 fully saturated rings. The van der Waals surface area contributed by atoms with Crippen LogP contribution < -0.4 is 5.46 Å². The first-order valence-electron chi connectivity index (χ1n) is 11.6. The molecule has 0 spiro atoms. The van der Waals surface area contributed by atoms with Crippen LogP contribution in [0.5, 0.6) is 0 Å². The van der Waals surface area contributed by atoms with Crippen LogP contribution in [0.3, 0.4) is 0 Å². The van der Waals surface area contributed by atoms with Gasteiger partial charge in [-0.15, -0.1) is 0 Å². The van der Waals surface area contributed by atoms with Gasteiger partial charge in [0.2, 0.25) is 0 Å². The summed E-state index contributed by atoms with van der Waals surface area (Å²) in [6, 6.07) is 25.6. The van der Waals surface area contributed by atoms with E-state index in [1.54, 1.807) is 0 Å². The minimum atomic E-state index is 0.195. The summed E-state index contributed by atoms with van der Waals surface area (Å²) >= 11 is 10.6. The first-order valence-corrected chi connectivity index (χ1v) is 12.8. The number of aryl methyl sites for hydroxylation is 2. The summed E-state index contributed by atoms with van der Waals surface area (Å²) in [5.41, 5.74) is 11.1. The molecule has 0 N–H and O–H groups in total. The Bertz CT molecular complexity index is 1290. The summed E-state index contributed by atoms with van der Waals surface area (Å²) < 4.78 is 1.10. The molecule has 170 valence electrons. The average molecular weight is 528 g/mol. The highest BCUT2D eigenvalue weighted by Gasteiger charge is 2.16. The van der Waals surface area contributed by atoms with Gasteiger partial charge in [-0.1, -0.05) is 85.9 Å². The van der Waals surface area contributed by atoms with Crippen LogP contribution in [0.1, 0.15) is 37.5 Å². The minimum absolute atomic E-state index is 0.195. The van der Waals surface area contributed by atoms with Crippen molar-refractivity contribution in [2.24, 2.45) is 5.41 Å². The molecule has 0 aliphatic heterocycles. The van der Waals surface area contributed by atoms with Crippen LogP contribution in [0.15, 0.2) is 77.3 Å². The number of hydrogen-bond acceptors (Lipinski definition) is 0. The molecule has 0 heterocycles. The maximum Gasteiger partial charge on any atom is 0.115 e. The van der Waals surface area contributed by atoms with Gasteiger partial charge in [-0.3, -0.25) is 0 Å². The van der Waals surface area contributed by atoms with Crippen molar-refractivity contribution in [2.45, 2.75) is 41.0 Å². The molecule has 0 saturated heterocycles. The van der Waals surface area contributed by atoms with Gasteiger partial charge in [0, 0.05) is 15.1 Å². The summed E-state index contributed by atoms with van der Waals surface area (Å²) in [6.07, 6.45) is 0.984. The fraction of sp³-hybridized carbons (Fsp3) is 0.226. The highest BCUT2D eigenvalue weighted by Crippen LogP contribution is 2.39. The van der Waals surface area contributed by atoms with E-state index in [0.717, 1.165) is 60.3 Å². The SMILES string of the molecule is [B]c1c(C)cccc1-c1cc(-c2cc(CC(C)(C)C)ccc2Cl)cc(-c2cccc(C)c2Br)c1. The summed E-state index contributed by atoms with van der Waals surface area (Å²) in [6.45, 7) is 10.9. The normalized spacial score (nSPS) is 11.6. The Kier molecular flexibility index (Phi) is 7.13.